The molecule has 2 bridgehead atoms. The Hall–Kier alpha value is -1.37. The third-order valence-electron chi connectivity index (χ3n) is 6.41. The zero-order chi connectivity index (χ0) is 15.4. The molecule has 0 aromatic carbocycles. The van der Waals surface area contributed by atoms with Gasteiger partial charge >= 0.3 is 5.97 Å². The van der Waals surface area contributed by atoms with Gasteiger partial charge in [-0.2, -0.15) is 5.26 Å². The number of ketones is 1. The normalized spacial score (nSPS) is 43.2. The summed E-state index contributed by atoms with van der Waals surface area (Å²) in [6.45, 7) is 6.38. The number of carbonyl (C=O) groups excluding carboxylic acids is 2. The minimum absolute atomic E-state index is 0.000606. The van der Waals surface area contributed by atoms with Crippen molar-refractivity contribution in [1.29, 1.82) is 5.26 Å². The molecular formula is C17H23NO3. The molecule has 4 rings (SSSR count). The van der Waals surface area contributed by atoms with Crippen LogP contribution in [0, 0.1) is 45.8 Å². The molecular weight excluding hydrogens is 266 g/mol. The molecule has 5 atom stereocenters. The molecule has 4 fully saturated rings. The predicted molar refractivity (Wildman–Crippen MR) is 75.9 cm³/mol. The molecule has 0 spiro atoms. The molecule has 4 aliphatic carbocycles. The molecule has 0 saturated heterocycles. The Morgan fingerprint density at radius 3 is 2.76 bits per heavy atom. The second-order valence-corrected chi connectivity index (χ2v) is 7.44. The zero-order valence-electron chi connectivity index (χ0n) is 13.0. The molecule has 4 heteroatoms. The number of esters is 1. The van der Waals surface area contributed by atoms with Gasteiger partial charge in [0.15, 0.2) is 5.78 Å². The molecule has 4 nitrogen and oxygen atoms in total. The van der Waals surface area contributed by atoms with Crippen LogP contribution in [-0.4, -0.2) is 18.4 Å². The van der Waals surface area contributed by atoms with Crippen LogP contribution >= 0.6 is 0 Å². The minimum atomic E-state index is -0.932. The summed E-state index contributed by atoms with van der Waals surface area (Å²) in [6, 6.07) is 2.34. The van der Waals surface area contributed by atoms with Crippen molar-refractivity contribution in [2.24, 2.45) is 34.5 Å². The van der Waals surface area contributed by atoms with Crippen LogP contribution in [0.25, 0.3) is 0 Å². The fraction of sp³-hybridized carbons (Fsp3) is 0.824. The van der Waals surface area contributed by atoms with Crippen molar-refractivity contribution >= 4 is 11.8 Å². The van der Waals surface area contributed by atoms with E-state index in [0.29, 0.717) is 13.0 Å². The SMILES string of the molecule is CCOC(=O)[C@@H]1CCC[C@]2(C#N)C(=O)[C@@H]3C[C@H]([C@H]12)C3(C)C. The third-order valence-corrected chi connectivity index (χ3v) is 6.41. The molecule has 0 radical (unpaired) electrons. The summed E-state index contributed by atoms with van der Waals surface area (Å²) in [5, 5.41) is 9.76. The lowest BCUT2D eigenvalue weighted by atomic mass is 9.35. The molecule has 0 aliphatic heterocycles. The van der Waals surface area contributed by atoms with Gasteiger partial charge in [-0.3, -0.25) is 9.59 Å². The summed E-state index contributed by atoms with van der Waals surface area (Å²) >= 11 is 0. The van der Waals surface area contributed by atoms with Crippen LogP contribution in [-0.2, 0) is 14.3 Å². The number of rotatable bonds is 2. The second-order valence-electron chi connectivity index (χ2n) is 7.44. The first-order chi connectivity index (χ1) is 9.90. The van der Waals surface area contributed by atoms with E-state index in [-0.39, 0.29) is 40.8 Å². The number of ether oxygens (including phenoxy) is 1. The molecule has 0 unspecified atom stereocenters. The van der Waals surface area contributed by atoms with E-state index in [0.717, 1.165) is 19.3 Å². The minimum Gasteiger partial charge on any atom is -0.466 e. The van der Waals surface area contributed by atoms with Gasteiger partial charge in [-0.25, -0.2) is 0 Å². The highest BCUT2D eigenvalue weighted by atomic mass is 16.5. The highest BCUT2D eigenvalue weighted by Crippen LogP contribution is 2.69. The van der Waals surface area contributed by atoms with Crippen LogP contribution in [0.15, 0.2) is 0 Å². The molecule has 0 amide bonds. The van der Waals surface area contributed by atoms with E-state index in [1.54, 1.807) is 6.92 Å². The van der Waals surface area contributed by atoms with Crippen molar-refractivity contribution in [2.45, 2.75) is 46.5 Å². The number of carbonyl (C=O) groups is 2. The predicted octanol–water partition coefficient (Wildman–Crippen LogP) is 2.72. The van der Waals surface area contributed by atoms with Gasteiger partial charge in [0.2, 0.25) is 0 Å². The Morgan fingerprint density at radius 2 is 2.19 bits per heavy atom. The first-order valence-corrected chi connectivity index (χ1v) is 8.02. The van der Waals surface area contributed by atoms with Gasteiger partial charge in [-0.05, 0) is 37.5 Å². The van der Waals surface area contributed by atoms with Gasteiger partial charge in [-0.15, -0.1) is 0 Å². The van der Waals surface area contributed by atoms with Crippen molar-refractivity contribution in [1.82, 2.24) is 0 Å². The van der Waals surface area contributed by atoms with Crippen LogP contribution < -0.4 is 0 Å². The Balaban J connectivity index is 2.03. The molecule has 4 aliphatic rings. The first-order valence-electron chi connectivity index (χ1n) is 8.02. The number of hydrogen-bond donors (Lipinski definition) is 0. The Kier molecular flexibility index (Phi) is 3.16. The summed E-state index contributed by atoms with van der Waals surface area (Å²) in [7, 11) is 0. The Bertz CT molecular complexity index is 533. The van der Waals surface area contributed by atoms with Gasteiger partial charge in [0.05, 0.1) is 18.6 Å². The van der Waals surface area contributed by atoms with Crippen LogP contribution in [0.4, 0.5) is 0 Å². The number of hydrogen-bond acceptors (Lipinski definition) is 4. The van der Waals surface area contributed by atoms with E-state index < -0.39 is 5.41 Å². The topological polar surface area (TPSA) is 67.2 Å². The Labute approximate surface area is 125 Å². The maximum absolute atomic E-state index is 12.9. The van der Waals surface area contributed by atoms with E-state index in [2.05, 4.69) is 19.9 Å². The maximum Gasteiger partial charge on any atom is 0.309 e. The molecule has 0 heterocycles. The largest absolute Gasteiger partial charge is 0.466 e. The highest BCUT2D eigenvalue weighted by Gasteiger charge is 2.71. The smallest absolute Gasteiger partial charge is 0.309 e. The van der Waals surface area contributed by atoms with Crippen LogP contribution in [0.5, 0.6) is 0 Å². The fourth-order valence-corrected chi connectivity index (χ4v) is 5.23. The van der Waals surface area contributed by atoms with Gasteiger partial charge in [-0.1, -0.05) is 20.3 Å². The molecule has 0 N–H and O–H groups in total. The van der Waals surface area contributed by atoms with E-state index >= 15 is 0 Å². The molecule has 114 valence electrons. The van der Waals surface area contributed by atoms with E-state index in [1.165, 1.54) is 0 Å². The fourth-order valence-electron chi connectivity index (χ4n) is 5.23. The lowest BCUT2D eigenvalue weighted by Gasteiger charge is -2.65. The van der Waals surface area contributed by atoms with Crippen LogP contribution in [0.3, 0.4) is 0 Å². The third kappa shape index (κ3) is 1.66. The van der Waals surface area contributed by atoms with Gasteiger partial charge < -0.3 is 4.74 Å². The quantitative estimate of drug-likeness (QED) is 0.733. The average Bonchev–Trinajstić information content (AvgIpc) is 2.46. The summed E-state index contributed by atoms with van der Waals surface area (Å²) < 4.78 is 5.23. The number of nitrogens with zero attached hydrogens (tertiary/aromatic N) is 1. The lowest BCUT2D eigenvalue weighted by molar-refractivity contribution is -0.198. The van der Waals surface area contributed by atoms with Crippen LogP contribution in [0.2, 0.25) is 0 Å². The summed E-state index contributed by atoms with van der Waals surface area (Å²) in [4.78, 5) is 25.3. The van der Waals surface area contributed by atoms with Crippen molar-refractivity contribution in [2.75, 3.05) is 6.61 Å². The standard InChI is InChI=1S/C17H23NO3/c1-4-21-15(20)10-6-5-7-17(9-18)13(10)11-8-12(14(17)19)16(11,2)3/h10-13H,4-8H2,1-3H3/t10-,11-,12+,13+,17-/m1/s1. The summed E-state index contributed by atoms with van der Waals surface area (Å²) in [6.07, 6.45) is 2.97. The molecule has 4 saturated carbocycles. The highest BCUT2D eigenvalue weighted by molar-refractivity contribution is 5.94. The molecule has 21 heavy (non-hydrogen) atoms. The maximum atomic E-state index is 12.9. The van der Waals surface area contributed by atoms with E-state index in [9.17, 15) is 14.9 Å². The van der Waals surface area contributed by atoms with E-state index in [4.69, 9.17) is 4.74 Å². The van der Waals surface area contributed by atoms with E-state index in [1.807, 2.05) is 0 Å². The average molecular weight is 289 g/mol. The van der Waals surface area contributed by atoms with Crippen molar-refractivity contribution in [3.05, 3.63) is 0 Å². The van der Waals surface area contributed by atoms with Crippen molar-refractivity contribution in [3.8, 4) is 6.07 Å². The van der Waals surface area contributed by atoms with Crippen molar-refractivity contribution < 1.29 is 14.3 Å². The van der Waals surface area contributed by atoms with Crippen LogP contribution in [0.1, 0.15) is 46.5 Å². The van der Waals surface area contributed by atoms with Crippen molar-refractivity contribution in [3.63, 3.8) is 0 Å². The molecule has 0 aromatic heterocycles. The lowest BCUT2D eigenvalue weighted by Crippen LogP contribution is -2.68. The monoisotopic (exact) mass is 289 g/mol. The van der Waals surface area contributed by atoms with Gasteiger partial charge in [0.1, 0.15) is 5.41 Å². The summed E-state index contributed by atoms with van der Waals surface area (Å²) in [5.41, 5.74) is -1.01. The zero-order valence-corrected chi connectivity index (χ0v) is 13.0. The summed E-state index contributed by atoms with van der Waals surface area (Å²) in [5.74, 6) is -0.267. The van der Waals surface area contributed by atoms with Gasteiger partial charge in [0, 0.05) is 11.8 Å². The first kappa shape index (κ1) is 14.6. The Morgan fingerprint density at radius 1 is 1.48 bits per heavy atom. The number of nitriles is 1. The number of Topliss-reactive ketones (excluding diaryl/α,β-unsaturated/α-hetero) is 1. The second kappa shape index (κ2) is 4.56. The van der Waals surface area contributed by atoms with Gasteiger partial charge in [0.25, 0.3) is 0 Å². The molecule has 0 aromatic rings.